The zero-order valence-corrected chi connectivity index (χ0v) is 11.1. The Labute approximate surface area is 120 Å². The summed E-state index contributed by atoms with van der Waals surface area (Å²) in [6.07, 6.45) is 1.69. The molecule has 3 aromatic rings. The van der Waals surface area contributed by atoms with Crippen molar-refractivity contribution in [3.63, 3.8) is 0 Å². The lowest BCUT2D eigenvalue weighted by Crippen LogP contribution is -2.04. The Morgan fingerprint density at radius 1 is 1.19 bits per heavy atom. The van der Waals surface area contributed by atoms with Gasteiger partial charge in [-0.3, -0.25) is 4.98 Å². The third-order valence-corrected chi connectivity index (χ3v) is 2.84. The SMILES string of the molecule is Cc1cc(C(=O)O)nc(Oc2ccc3cccnc3c2)n1. The maximum Gasteiger partial charge on any atom is 0.354 e. The van der Waals surface area contributed by atoms with Gasteiger partial charge in [-0.15, -0.1) is 0 Å². The first-order valence-electron chi connectivity index (χ1n) is 6.23. The van der Waals surface area contributed by atoms with Crippen LogP contribution in [0.15, 0.2) is 42.6 Å². The van der Waals surface area contributed by atoms with Gasteiger partial charge in [-0.2, -0.15) is 4.98 Å². The van der Waals surface area contributed by atoms with Gasteiger partial charge in [-0.1, -0.05) is 6.07 Å². The Kier molecular flexibility index (Phi) is 3.19. The number of aromatic carboxylic acids is 1. The molecule has 0 atom stereocenters. The van der Waals surface area contributed by atoms with Gasteiger partial charge in [0.1, 0.15) is 5.75 Å². The van der Waals surface area contributed by atoms with E-state index in [0.717, 1.165) is 10.9 Å². The smallest absolute Gasteiger partial charge is 0.354 e. The van der Waals surface area contributed by atoms with Gasteiger partial charge in [0.2, 0.25) is 0 Å². The van der Waals surface area contributed by atoms with E-state index in [4.69, 9.17) is 9.84 Å². The first-order valence-corrected chi connectivity index (χ1v) is 6.23. The van der Waals surface area contributed by atoms with E-state index in [1.54, 1.807) is 25.3 Å². The first-order chi connectivity index (χ1) is 10.1. The molecule has 0 aliphatic rings. The number of carboxylic acid groups (broad SMARTS) is 1. The monoisotopic (exact) mass is 281 g/mol. The topological polar surface area (TPSA) is 85.2 Å². The average molecular weight is 281 g/mol. The van der Waals surface area contributed by atoms with Gasteiger partial charge in [0.15, 0.2) is 5.69 Å². The molecule has 0 amide bonds. The number of carbonyl (C=O) groups is 1. The minimum Gasteiger partial charge on any atom is -0.477 e. The van der Waals surface area contributed by atoms with E-state index in [9.17, 15) is 4.79 Å². The molecular weight excluding hydrogens is 270 g/mol. The Morgan fingerprint density at radius 2 is 2.05 bits per heavy atom. The van der Waals surface area contributed by atoms with Gasteiger partial charge < -0.3 is 9.84 Å². The van der Waals surface area contributed by atoms with Crippen molar-refractivity contribution in [2.75, 3.05) is 0 Å². The van der Waals surface area contributed by atoms with E-state index < -0.39 is 5.97 Å². The standard InChI is InChI=1S/C15H11N3O3/c1-9-7-13(14(19)20)18-15(17-9)21-11-5-4-10-3-2-6-16-12(10)8-11/h2-8H,1H3,(H,19,20). The van der Waals surface area contributed by atoms with Crippen molar-refractivity contribution in [3.05, 3.63) is 54.0 Å². The molecule has 0 bridgehead atoms. The molecule has 0 aliphatic carbocycles. The van der Waals surface area contributed by atoms with Crippen LogP contribution in [0.4, 0.5) is 0 Å². The number of hydrogen-bond donors (Lipinski definition) is 1. The number of nitrogens with zero attached hydrogens (tertiary/aromatic N) is 3. The molecule has 1 aromatic carbocycles. The molecule has 0 spiro atoms. The number of benzene rings is 1. The van der Waals surface area contributed by atoms with Gasteiger partial charge in [0.05, 0.1) is 5.52 Å². The summed E-state index contributed by atoms with van der Waals surface area (Å²) in [5.74, 6) is -0.617. The molecule has 1 N–H and O–H groups in total. The lowest BCUT2D eigenvalue weighted by atomic mass is 10.2. The lowest BCUT2D eigenvalue weighted by molar-refractivity contribution is 0.0689. The van der Waals surface area contributed by atoms with E-state index in [1.165, 1.54) is 6.07 Å². The third-order valence-electron chi connectivity index (χ3n) is 2.84. The Balaban J connectivity index is 1.96. The summed E-state index contributed by atoms with van der Waals surface area (Å²) in [5, 5.41) is 9.97. The predicted octanol–water partition coefficient (Wildman–Crippen LogP) is 2.82. The molecule has 0 saturated carbocycles. The van der Waals surface area contributed by atoms with Crippen LogP contribution in [0.25, 0.3) is 10.9 Å². The van der Waals surface area contributed by atoms with Crippen molar-refractivity contribution in [1.82, 2.24) is 15.0 Å². The molecular formula is C15H11N3O3. The highest BCUT2D eigenvalue weighted by Gasteiger charge is 2.10. The highest BCUT2D eigenvalue weighted by Crippen LogP contribution is 2.22. The van der Waals surface area contributed by atoms with E-state index in [0.29, 0.717) is 11.4 Å². The first kappa shape index (κ1) is 13.0. The maximum atomic E-state index is 11.0. The second kappa shape index (κ2) is 5.16. The Morgan fingerprint density at radius 3 is 2.86 bits per heavy atom. The molecule has 0 radical (unpaired) electrons. The molecule has 0 fully saturated rings. The van der Waals surface area contributed by atoms with E-state index >= 15 is 0 Å². The Hall–Kier alpha value is -3.02. The average Bonchev–Trinajstić information content (AvgIpc) is 2.46. The molecule has 0 saturated heterocycles. The number of ether oxygens (including phenoxy) is 1. The zero-order valence-electron chi connectivity index (χ0n) is 11.1. The van der Waals surface area contributed by atoms with Crippen LogP contribution in [0.2, 0.25) is 0 Å². The molecule has 0 unspecified atom stereocenters. The Bertz CT molecular complexity index is 833. The van der Waals surface area contributed by atoms with Crippen molar-refractivity contribution >= 4 is 16.9 Å². The summed E-state index contributed by atoms with van der Waals surface area (Å²) in [4.78, 5) is 23.1. The number of aromatic nitrogens is 3. The summed E-state index contributed by atoms with van der Waals surface area (Å²) >= 11 is 0. The van der Waals surface area contributed by atoms with Crippen molar-refractivity contribution < 1.29 is 14.6 Å². The number of pyridine rings is 1. The fourth-order valence-electron chi connectivity index (χ4n) is 1.91. The minimum atomic E-state index is -1.12. The normalized spacial score (nSPS) is 10.5. The molecule has 2 heterocycles. The van der Waals surface area contributed by atoms with Gasteiger partial charge >= 0.3 is 12.0 Å². The van der Waals surface area contributed by atoms with Crippen LogP contribution in [0.1, 0.15) is 16.2 Å². The van der Waals surface area contributed by atoms with Crippen LogP contribution in [-0.4, -0.2) is 26.0 Å². The number of rotatable bonds is 3. The molecule has 3 rings (SSSR count). The highest BCUT2D eigenvalue weighted by atomic mass is 16.5. The summed E-state index contributed by atoms with van der Waals surface area (Å²) in [5.41, 5.74) is 1.20. The largest absolute Gasteiger partial charge is 0.477 e. The van der Waals surface area contributed by atoms with Gasteiger partial charge in [-0.05, 0) is 31.2 Å². The van der Waals surface area contributed by atoms with Crippen molar-refractivity contribution in [2.24, 2.45) is 0 Å². The van der Waals surface area contributed by atoms with E-state index in [-0.39, 0.29) is 11.7 Å². The quantitative estimate of drug-likeness (QED) is 0.794. The van der Waals surface area contributed by atoms with Crippen LogP contribution < -0.4 is 4.74 Å². The van der Waals surface area contributed by atoms with Crippen LogP contribution in [0, 0.1) is 6.92 Å². The fourth-order valence-corrected chi connectivity index (χ4v) is 1.91. The van der Waals surface area contributed by atoms with Crippen molar-refractivity contribution in [2.45, 2.75) is 6.92 Å². The van der Waals surface area contributed by atoms with Crippen LogP contribution >= 0.6 is 0 Å². The van der Waals surface area contributed by atoms with Crippen molar-refractivity contribution in [1.29, 1.82) is 0 Å². The third kappa shape index (κ3) is 2.79. The zero-order chi connectivity index (χ0) is 14.8. The molecule has 6 nitrogen and oxygen atoms in total. The minimum absolute atomic E-state index is 0.00248. The van der Waals surface area contributed by atoms with Gasteiger partial charge in [0.25, 0.3) is 0 Å². The predicted molar refractivity (Wildman–Crippen MR) is 75.5 cm³/mol. The maximum absolute atomic E-state index is 11.0. The van der Waals surface area contributed by atoms with Gasteiger partial charge in [-0.25, -0.2) is 9.78 Å². The number of fused-ring (bicyclic) bond motifs is 1. The second-order valence-corrected chi connectivity index (χ2v) is 4.44. The summed E-state index contributed by atoms with van der Waals surface area (Å²) < 4.78 is 5.53. The molecule has 0 aliphatic heterocycles. The van der Waals surface area contributed by atoms with Crippen LogP contribution in [-0.2, 0) is 0 Å². The fraction of sp³-hybridized carbons (Fsp3) is 0.0667. The molecule has 6 heteroatoms. The van der Waals surface area contributed by atoms with Gasteiger partial charge in [0, 0.05) is 23.3 Å². The van der Waals surface area contributed by atoms with Crippen molar-refractivity contribution in [3.8, 4) is 11.8 Å². The summed E-state index contributed by atoms with van der Waals surface area (Å²) in [6.45, 7) is 1.68. The van der Waals surface area contributed by atoms with Crippen LogP contribution in [0.3, 0.4) is 0 Å². The van der Waals surface area contributed by atoms with E-state index in [1.807, 2.05) is 18.2 Å². The van der Waals surface area contributed by atoms with E-state index in [2.05, 4.69) is 15.0 Å². The summed E-state index contributed by atoms with van der Waals surface area (Å²) in [6, 6.07) is 10.6. The molecule has 104 valence electrons. The van der Waals surface area contributed by atoms with Crippen LogP contribution in [0.5, 0.6) is 11.8 Å². The number of carboxylic acids is 1. The highest BCUT2D eigenvalue weighted by molar-refractivity contribution is 5.85. The lowest BCUT2D eigenvalue weighted by Gasteiger charge is -2.06. The number of aryl methyl sites for hydroxylation is 1. The molecule has 21 heavy (non-hydrogen) atoms. The number of hydrogen-bond acceptors (Lipinski definition) is 5. The molecule has 2 aromatic heterocycles. The summed E-state index contributed by atoms with van der Waals surface area (Å²) in [7, 11) is 0. The second-order valence-electron chi connectivity index (χ2n) is 4.44.